The third-order valence-corrected chi connectivity index (χ3v) is 4.06. The average Bonchev–Trinajstić information content (AvgIpc) is 3.14. The lowest BCUT2D eigenvalue weighted by Crippen LogP contribution is -2.25. The average molecular weight is 355 g/mol. The molecule has 0 spiro atoms. The molecule has 1 aliphatic rings. The minimum absolute atomic E-state index is 0.134. The Labute approximate surface area is 129 Å². The molecule has 0 saturated heterocycles. The summed E-state index contributed by atoms with van der Waals surface area (Å²) >= 11 is 8.69. The van der Waals surface area contributed by atoms with Gasteiger partial charge in [-0.1, -0.05) is 0 Å². The lowest BCUT2D eigenvalue weighted by Gasteiger charge is -2.05. The first-order chi connectivity index (χ1) is 9.63. The van der Waals surface area contributed by atoms with Crippen molar-refractivity contribution < 1.29 is 4.79 Å². The number of nitrogens with zero attached hydrogens (tertiary/aromatic N) is 2. The molecule has 2 heterocycles. The number of halogens is 1. The van der Waals surface area contributed by atoms with Crippen LogP contribution >= 0.6 is 28.1 Å². The molecule has 7 heteroatoms. The van der Waals surface area contributed by atoms with E-state index in [2.05, 4.69) is 31.2 Å². The molecule has 0 unspecified atom stereocenters. The van der Waals surface area contributed by atoms with Crippen LogP contribution in [-0.4, -0.2) is 26.5 Å². The minimum atomic E-state index is 0.134. The Morgan fingerprint density at radius 2 is 2.40 bits per heavy atom. The molecular formula is C13H15BrN4OS. The van der Waals surface area contributed by atoms with E-state index in [4.69, 9.17) is 12.2 Å². The van der Waals surface area contributed by atoms with E-state index in [0.29, 0.717) is 23.8 Å². The summed E-state index contributed by atoms with van der Waals surface area (Å²) < 4.78 is 3.51. The topological polar surface area (TPSA) is 62.7 Å². The molecule has 1 aliphatic carbocycles. The number of pyridine rings is 1. The predicted octanol–water partition coefficient (Wildman–Crippen LogP) is 2.92. The Morgan fingerprint density at radius 1 is 1.60 bits per heavy atom. The Kier molecular flexibility index (Phi) is 3.89. The number of nitrogens with one attached hydrogen (secondary N) is 2. The molecule has 0 bridgehead atoms. The molecule has 0 radical (unpaired) electrons. The van der Waals surface area contributed by atoms with Crippen molar-refractivity contribution in [2.75, 3.05) is 0 Å². The highest BCUT2D eigenvalue weighted by atomic mass is 79.9. The zero-order valence-electron chi connectivity index (χ0n) is 10.9. The first-order valence-electron chi connectivity index (χ1n) is 6.67. The molecule has 1 amide bonds. The predicted molar refractivity (Wildman–Crippen MR) is 83.0 cm³/mol. The van der Waals surface area contributed by atoms with Gasteiger partial charge in [-0.05, 0) is 53.5 Å². The van der Waals surface area contributed by atoms with E-state index >= 15 is 0 Å². The highest BCUT2D eigenvalue weighted by molar-refractivity contribution is 9.10. The van der Waals surface area contributed by atoms with Crippen LogP contribution in [0.1, 0.15) is 25.7 Å². The number of hydrogen-bond donors (Lipinski definition) is 2. The highest BCUT2D eigenvalue weighted by Gasteiger charge is 2.22. The molecule has 20 heavy (non-hydrogen) atoms. The van der Waals surface area contributed by atoms with Gasteiger partial charge in [-0.15, -0.1) is 0 Å². The van der Waals surface area contributed by atoms with Gasteiger partial charge in [0, 0.05) is 29.7 Å². The van der Waals surface area contributed by atoms with Gasteiger partial charge < -0.3 is 14.9 Å². The van der Waals surface area contributed by atoms with E-state index in [1.807, 2.05) is 10.6 Å². The van der Waals surface area contributed by atoms with Crippen molar-refractivity contribution in [2.45, 2.75) is 38.3 Å². The van der Waals surface area contributed by atoms with Gasteiger partial charge in [0.1, 0.15) is 0 Å². The lowest BCUT2D eigenvalue weighted by molar-refractivity contribution is -0.121. The Bertz CT molecular complexity index is 704. The van der Waals surface area contributed by atoms with Crippen molar-refractivity contribution in [2.24, 2.45) is 0 Å². The number of hydrogen-bond acceptors (Lipinski definition) is 3. The van der Waals surface area contributed by atoms with Crippen molar-refractivity contribution in [3.8, 4) is 0 Å². The third kappa shape index (κ3) is 3.09. The van der Waals surface area contributed by atoms with Crippen LogP contribution in [0.2, 0.25) is 0 Å². The zero-order valence-corrected chi connectivity index (χ0v) is 13.3. The fourth-order valence-corrected chi connectivity index (χ4v) is 2.77. The third-order valence-electron chi connectivity index (χ3n) is 3.30. The van der Waals surface area contributed by atoms with Gasteiger partial charge in [0.15, 0.2) is 10.4 Å². The summed E-state index contributed by atoms with van der Waals surface area (Å²) in [6.45, 7) is 0.700. The Hall–Kier alpha value is -1.21. The quantitative estimate of drug-likeness (QED) is 0.811. The molecule has 2 aromatic rings. The largest absolute Gasteiger partial charge is 0.353 e. The fraction of sp³-hybridized carbons (Fsp3) is 0.462. The second-order valence-electron chi connectivity index (χ2n) is 5.05. The summed E-state index contributed by atoms with van der Waals surface area (Å²) in [7, 11) is 0. The molecule has 5 nitrogen and oxygen atoms in total. The SMILES string of the molecule is O=C(CCCn1c(=S)[nH]c2cc(Br)cnc21)NC1CC1. The summed E-state index contributed by atoms with van der Waals surface area (Å²) in [5, 5.41) is 2.99. The minimum Gasteiger partial charge on any atom is -0.353 e. The number of aromatic amines is 1. The highest BCUT2D eigenvalue weighted by Crippen LogP contribution is 2.19. The molecule has 2 aromatic heterocycles. The number of carbonyl (C=O) groups excluding carboxylic acids is 1. The lowest BCUT2D eigenvalue weighted by atomic mass is 10.3. The van der Waals surface area contributed by atoms with Crippen LogP contribution in [0.25, 0.3) is 11.2 Å². The zero-order chi connectivity index (χ0) is 14.1. The number of H-pyrrole nitrogens is 1. The summed E-state index contributed by atoms with van der Waals surface area (Å²) in [5.41, 5.74) is 1.74. The number of amides is 1. The fourth-order valence-electron chi connectivity index (χ4n) is 2.15. The van der Waals surface area contributed by atoms with Crippen LogP contribution in [0.15, 0.2) is 16.7 Å². The molecule has 0 atom stereocenters. The van der Waals surface area contributed by atoms with Gasteiger partial charge in [0.25, 0.3) is 0 Å². The Balaban J connectivity index is 1.66. The molecule has 0 aliphatic heterocycles. The second kappa shape index (κ2) is 5.65. The molecule has 3 rings (SSSR count). The number of fused-ring (bicyclic) bond motifs is 1. The van der Waals surface area contributed by atoms with Crippen LogP contribution in [0.5, 0.6) is 0 Å². The summed E-state index contributed by atoms with van der Waals surface area (Å²) in [6.07, 6.45) is 5.29. The molecule has 106 valence electrons. The number of carbonyl (C=O) groups is 1. The molecule has 1 saturated carbocycles. The van der Waals surface area contributed by atoms with Gasteiger partial charge in [-0.2, -0.15) is 0 Å². The van der Waals surface area contributed by atoms with Crippen LogP contribution in [-0.2, 0) is 11.3 Å². The van der Waals surface area contributed by atoms with Crippen molar-refractivity contribution in [1.82, 2.24) is 19.9 Å². The first-order valence-corrected chi connectivity index (χ1v) is 7.87. The van der Waals surface area contributed by atoms with Gasteiger partial charge in [0.05, 0.1) is 5.52 Å². The molecule has 1 fully saturated rings. The van der Waals surface area contributed by atoms with E-state index in [-0.39, 0.29) is 5.91 Å². The normalized spacial score (nSPS) is 14.7. The smallest absolute Gasteiger partial charge is 0.220 e. The van der Waals surface area contributed by atoms with Crippen molar-refractivity contribution >= 4 is 45.2 Å². The van der Waals surface area contributed by atoms with Crippen LogP contribution in [0.3, 0.4) is 0 Å². The monoisotopic (exact) mass is 354 g/mol. The van der Waals surface area contributed by atoms with Gasteiger partial charge in [-0.25, -0.2) is 4.98 Å². The van der Waals surface area contributed by atoms with Gasteiger partial charge in [-0.3, -0.25) is 4.79 Å². The second-order valence-corrected chi connectivity index (χ2v) is 6.35. The maximum absolute atomic E-state index is 11.6. The van der Waals surface area contributed by atoms with Gasteiger partial charge >= 0.3 is 0 Å². The van der Waals surface area contributed by atoms with Crippen LogP contribution < -0.4 is 5.32 Å². The summed E-state index contributed by atoms with van der Waals surface area (Å²) in [5.74, 6) is 0.134. The van der Waals surface area contributed by atoms with E-state index in [1.165, 1.54) is 0 Å². The van der Waals surface area contributed by atoms with E-state index in [1.54, 1.807) is 6.20 Å². The maximum atomic E-state index is 11.6. The van der Waals surface area contributed by atoms with Crippen molar-refractivity contribution in [3.63, 3.8) is 0 Å². The van der Waals surface area contributed by atoms with Gasteiger partial charge in [0.2, 0.25) is 5.91 Å². The van der Waals surface area contributed by atoms with E-state index < -0.39 is 0 Å². The van der Waals surface area contributed by atoms with Crippen LogP contribution in [0, 0.1) is 4.77 Å². The van der Waals surface area contributed by atoms with Crippen LogP contribution in [0.4, 0.5) is 0 Å². The number of rotatable bonds is 5. The van der Waals surface area contributed by atoms with E-state index in [9.17, 15) is 4.79 Å². The Morgan fingerprint density at radius 3 is 3.15 bits per heavy atom. The molecular weight excluding hydrogens is 340 g/mol. The summed E-state index contributed by atoms with van der Waals surface area (Å²) in [6, 6.07) is 2.38. The van der Waals surface area contributed by atoms with E-state index in [0.717, 1.165) is 34.9 Å². The molecule has 2 N–H and O–H groups in total. The number of aryl methyl sites for hydroxylation is 1. The number of imidazole rings is 1. The molecule has 0 aromatic carbocycles. The number of aromatic nitrogens is 3. The summed E-state index contributed by atoms with van der Waals surface area (Å²) in [4.78, 5) is 19.1. The van der Waals surface area contributed by atoms with Crippen molar-refractivity contribution in [3.05, 3.63) is 21.5 Å². The van der Waals surface area contributed by atoms with Crippen molar-refractivity contribution in [1.29, 1.82) is 0 Å². The maximum Gasteiger partial charge on any atom is 0.220 e. The first kappa shape index (κ1) is 13.8. The standard InChI is InChI=1S/C13H15BrN4OS/c14-8-6-10-12(15-7-8)18(13(20)17-10)5-1-2-11(19)16-9-3-4-9/h6-7,9H,1-5H2,(H,16,19)(H,17,20).